The minimum absolute atomic E-state index is 0.307. The van der Waals surface area contributed by atoms with E-state index in [0.29, 0.717) is 13.0 Å². The smallest absolute Gasteiger partial charge is 0.138 e. The van der Waals surface area contributed by atoms with Crippen molar-refractivity contribution in [2.75, 3.05) is 13.1 Å². The van der Waals surface area contributed by atoms with Gasteiger partial charge in [0.1, 0.15) is 6.17 Å². The van der Waals surface area contributed by atoms with Crippen LogP contribution in [0, 0.1) is 0 Å². The molecule has 0 aromatic heterocycles. The minimum Gasteiger partial charge on any atom is -0.390 e. The Morgan fingerprint density at radius 3 is 2.75 bits per heavy atom. The molecule has 0 aromatic rings. The molecule has 0 aromatic carbocycles. The molecule has 1 aliphatic heterocycles. The van der Waals surface area contributed by atoms with E-state index in [1.807, 2.05) is 0 Å². The predicted octanol–water partition coefficient (Wildman–Crippen LogP) is -0.321. The highest BCUT2D eigenvalue weighted by molar-refractivity contribution is 4.75. The summed E-state index contributed by atoms with van der Waals surface area (Å²) in [7, 11) is 0. The van der Waals surface area contributed by atoms with Crippen molar-refractivity contribution in [3.63, 3.8) is 0 Å². The Labute approximate surface area is 47.7 Å². The second-order valence-corrected chi connectivity index (χ2v) is 2.08. The van der Waals surface area contributed by atoms with E-state index in [1.54, 1.807) is 0 Å². The first-order chi connectivity index (χ1) is 3.80. The maximum absolute atomic E-state index is 12.3. The summed E-state index contributed by atoms with van der Waals surface area (Å²) in [6.45, 7) is 1.04. The van der Waals surface area contributed by atoms with E-state index in [1.165, 1.54) is 0 Å². The average molecular weight is 119 g/mol. The Morgan fingerprint density at radius 1 is 1.62 bits per heavy atom. The molecule has 0 amide bonds. The fourth-order valence-corrected chi connectivity index (χ4v) is 0.807. The van der Waals surface area contributed by atoms with Crippen molar-refractivity contribution < 1.29 is 9.50 Å². The molecular weight excluding hydrogens is 109 g/mol. The molecule has 2 N–H and O–H groups in total. The van der Waals surface area contributed by atoms with Crippen LogP contribution in [0.2, 0.25) is 0 Å². The van der Waals surface area contributed by atoms with Crippen LogP contribution in [-0.2, 0) is 0 Å². The van der Waals surface area contributed by atoms with Gasteiger partial charge >= 0.3 is 0 Å². The molecule has 1 heterocycles. The van der Waals surface area contributed by atoms with Gasteiger partial charge in [0.25, 0.3) is 0 Å². The summed E-state index contributed by atoms with van der Waals surface area (Å²) in [6, 6.07) is 0. The van der Waals surface area contributed by atoms with Crippen molar-refractivity contribution in [1.82, 2.24) is 5.32 Å². The molecule has 0 radical (unpaired) electrons. The first-order valence-corrected chi connectivity index (χ1v) is 2.83. The Hall–Kier alpha value is -0.150. The Bertz CT molecular complexity index is 68.8. The van der Waals surface area contributed by atoms with E-state index >= 15 is 0 Å². The first-order valence-electron chi connectivity index (χ1n) is 2.83. The molecule has 0 bridgehead atoms. The number of piperidine rings is 1. The van der Waals surface area contributed by atoms with Gasteiger partial charge in [0.2, 0.25) is 0 Å². The van der Waals surface area contributed by atoms with Crippen LogP contribution in [-0.4, -0.2) is 30.5 Å². The number of halogens is 1. The number of alkyl halides is 1. The van der Waals surface area contributed by atoms with E-state index in [-0.39, 0.29) is 0 Å². The van der Waals surface area contributed by atoms with Gasteiger partial charge in [-0.2, -0.15) is 0 Å². The number of hydrogen-bond acceptors (Lipinski definition) is 2. The molecule has 0 aliphatic carbocycles. The van der Waals surface area contributed by atoms with Crippen LogP contribution in [0.15, 0.2) is 0 Å². The number of rotatable bonds is 0. The lowest BCUT2D eigenvalue weighted by Gasteiger charge is -2.21. The summed E-state index contributed by atoms with van der Waals surface area (Å²) in [6.07, 6.45) is -1.23. The highest BCUT2D eigenvalue weighted by atomic mass is 19.1. The summed E-state index contributed by atoms with van der Waals surface area (Å²) in [5.74, 6) is 0. The molecule has 48 valence electrons. The standard InChI is InChI=1S/C5H10FNO/c6-4-3-7-2-1-5(4)8/h4-5,7-8H,1-3H2/t4-,5?/m1/s1. The molecule has 0 saturated carbocycles. The van der Waals surface area contributed by atoms with Crippen molar-refractivity contribution in [2.45, 2.75) is 18.7 Å². The fourth-order valence-electron chi connectivity index (χ4n) is 0.807. The van der Waals surface area contributed by atoms with Crippen LogP contribution in [0.1, 0.15) is 6.42 Å². The molecule has 1 unspecified atom stereocenters. The van der Waals surface area contributed by atoms with Gasteiger partial charge in [0, 0.05) is 6.54 Å². The minimum atomic E-state index is -1.05. The lowest BCUT2D eigenvalue weighted by Crippen LogP contribution is -2.41. The van der Waals surface area contributed by atoms with Crippen LogP contribution in [0.25, 0.3) is 0 Å². The number of aliphatic hydroxyl groups excluding tert-OH is 1. The van der Waals surface area contributed by atoms with Crippen LogP contribution >= 0.6 is 0 Å². The quantitative estimate of drug-likeness (QED) is 0.458. The topological polar surface area (TPSA) is 32.3 Å². The van der Waals surface area contributed by atoms with Gasteiger partial charge in [-0.15, -0.1) is 0 Å². The zero-order chi connectivity index (χ0) is 5.98. The van der Waals surface area contributed by atoms with Crippen molar-refractivity contribution in [3.8, 4) is 0 Å². The maximum atomic E-state index is 12.3. The normalized spacial score (nSPS) is 39.8. The summed E-state index contributed by atoms with van der Waals surface area (Å²) in [4.78, 5) is 0. The van der Waals surface area contributed by atoms with Gasteiger partial charge < -0.3 is 10.4 Å². The second-order valence-electron chi connectivity index (χ2n) is 2.08. The molecule has 8 heavy (non-hydrogen) atoms. The molecular formula is C5H10FNO. The van der Waals surface area contributed by atoms with Gasteiger partial charge in [-0.1, -0.05) is 0 Å². The largest absolute Gasteiger partial charge is 0.390 e. The van der Waals surface area contributed by atoms with E-state index in [0.717, 1.165) is 6.54 Å². The summed E-state index contributed by atoms with van der Waals surface area (Å²) in [5, 5.41) is 11.6. The van der Waals surface area contributed by atoms with Crippen molar-refractivity contribution >= 4 is 0 Å². The van der Waals surface area contributed by atoms with Crippen LogP contribution in [0.5, 0.6) is 0 Å². The van der Waals surface area contributed by atoms with Crippen LogP contribution in [0.4, 0.5) is 4.39 Å². The Morgan fingerprint density at radius 2 is 2.38 bits per heavy atom. The number of hydrogen-bond donors (Lipinski definition) is 2. The zero-order valence-corrected chi connectivity index (χ0v) is 4.60. The summed E-state index contributed by atoms with van der Waals surface area (Å²) in [5.41, 5.74) is 0. The number of aliphatic hydroxyl groups is 1. The third-order valence-electron chi connectivity index (χ3n) is 1.37. The third-order valence-corrected chi connectivity index (χ3v) is 1.37. The molecule has 2 nitrogen and oxygen atoms in total. The molecule has 1 saturated heterocycles. The monoisotopic (exact) mass is 119 g/mol. The molecule has 1 fully saturated rings. The van der Waals surface area contributed by atoms with Gasteiger partial charge in [-0.05, 0) is 13.0 Å². The van der Waals surface area contributed by atoms with Gasteiger partial charge in [-0.25, -0.2) is 4.39 Å². The van der Waals surface area contributed by atoms with Crippen molar-refractivity contribution in [1.29, 1.82) is 0 Å². The van der Waals surface area contributed by atoms with Crippen LogP contribution in [0.3, 0.4) is 0 Å². The van der Waals surface area contributed by atoms with E-state index in [4.69, 9.17) is 5.11 Å². The van der Waals surface area contributed by atoms with E-state index in [2.05, 4.69) is 5.32 Å². The molecule has 2 atom stereocenters. The predicted molar refractivity (Wildman–Crippen MR) is 28.4 cm³/mol. The van der Waals surface area contributed by atoms with Crippen molar-refractivity contribution in [3.05, 3.63) is 0 Å². The van der Waals surface area contributed by atoms with Crippen molar-refractivity contribution in [2.24, 2.45) is 0 Å². The number of nitrogens with one attached hydrogen (secondary N) is 1. The summed E-state index contributed by atoms with van der Waals surface area (Å²) >= 11 is 0. The third kappa shape index (κ3) is 1.17. The lowest BCUT2D eigenvalue weighted by atomic mass is 10.1. The SMILES string of the molecule is OC1CCNC[C@H]1F. The molecule has 1 aliphatic rings. The second kappa shape index (κ2) is 2.42. The first kappa shape index (κ1) is 5.98. The van der Waals surface area contributed by atoms with Gasteiger partial charge in [0.15, 0.2) is 0 Å². The van der Waals surface area contributed by atoms with Gasteiger partial charge in [-0.3, -0.25) is 0 Å². The highest BCUT2D eigenvalue weighted by Crippen LogP contribution is 2.05. The van der Waals surface area contributed by atoms with E-state index < -0.39 is 12.3 Å². The highest BCUT2D eigenvalue weighted by Gasteiger charge is 2.20. The maximum Gasteiger partial charge on any atom is 0.138 e. The zero-order valence-electron chi connectivity index (χ0n) is 4.60. The van der Waals surface area contributed by atoms with E-state index in [9.17, 15) is 4.39 Å². The Balaban J connectivity index is 2.28. The molecule has 1 rings (SSSR count). The van der Waals surface area contributed by atoms with Crippen LogP contribution < -0.4 is 5.32 Å². The molecule has 0 spiro atoms. The fraction of sp³-hybridized carbons (Fsp3) is 1.00. The van der Waals surface area contributed by atoms with Gasteiger partial charge in [0.05, 0.1) is 6.10 Å². The average Bonchev–Trinajstić information content (AvgIpc) is 1.77. The summed E-state index contributed by atoms with van der Waals surface area (Å²) < 4.78 is 12.3. The Kier molecular flexibility index (Phi) is 1.81. The lowest BCUT2D eigenvalue weighted by molar-refractivity contribution is 0.0532. The molecule has 3 heteroatoms.